The maximum atomic E-state index is 10.2. The second-order valence-corrected chi connectivity index (χ2v) is 7.30. The molecule has 0 heterocycles. The molecular formula is C23H22BrNO2. The van der Waals surface area contributed by atoms with Crippen molar-refractivity contribution in [2.24, 2.45) is 0 Å². The van der Waals surface area contributed by atoms with Gasteiger partial charge in [-0.15, -0.1) is 0 Å². The molecule has 0 unspecified atom stereocenters. The van der Waals surface area contributed by atoms with Crippen molar-refractivity contribution in [2.75, 3.05) is 11.5 Å². The number of hydrogen-bond donors (Lipinski definition) is 0. The van der Waals surface area contributed by atoms with Crippen LogP contribution >= 0.6 is 15.9 Å². The van der Waals surface area contributed by atoms with Crippen LogP contribution in [0, 0.1) is 6.92 Å². The largest absolute Gasteiger partial charge is 0.468 e. The monoisotopic (exact) mass is 423 g/mol. The zero-order valence-electron chi connectivity index (χ0n) is 15.3. The molecule has 0 aliphatic carbocycles. The molecule has 27 heavy (non-hydrogen) atoms. The maximum absolute atomic E-state index is 10.2. The number of carbonyl (C=O) groups is 1. The minimum Gasteiger partial charge on any atom is -0.468 e. The van der Waals surface area contributed by atoms with Gasteiger partial charge in [-0.2, -0.15) is 0 Å². The molecule has 0 aromatic heterocycles. The van der Waals surface area contributed by atoms with Crippen LogP contribution in [-0.2, 0) is 16.0 Å². The van der Waals surface area contributed by atoms with E-state index in [0.717, 1.165) is 34.4 Å². The molecule has 0 radical (unpaired) electrons. The third-order valence-corrected chi connectivity index (χ3v) is 4.90. The summed E-state index contributed by atoms with van der Waals surface area (Å²) in [6.07, 6.45) is 1.71. The summed E-state index contributed by atoms with van der Waals surface area (Å²) in [4.78, 5) is 12.5. The lowest BCUT2D eigenvalue weighted by molar-refractivity contribution is -0.128. The van der Waals surface area contributed by atoms with Crippen LogP contribution in [0.2, 0.25) is 0 Å². The van der Waals surface area contributed by atoms with E-state index in [2.05, 4.69) is 101 Å². The van der Waals surface area contributed by atoms with E-state index >= 15 is 0 Å². The number of hydrogen-bond acceptors (Lipinski definition) is 3. The minimum atomic E-state index is 0.458. The van der Waals surface area contributed by atoms with E-state index in [-0.39, 0.29) is 0 Å². The molecule has 0 amide bonds. The molecule has 3 aromatic rings. The molecule has 3 rings (SSSR count). The second-order valence-electron chi connectivity index (χ2n) is 6.38. The number of carbonyl (C=O) groups excluding carboxylic acids is 1. The van der Waals surface area contributed by atoms with E-state index in [0.29, 0.717) is 13.1 Å². The number of benzene rings is 3. The van der Waals surface area contributed by atoms with Gasteiger partial charge in [0.1, 0.15) is 0 Å². The summed E-state index contributed by atoms with van der Waals surface area (Å²) in [5, 5.41) is 0. The molecule has 0 bridgehead atoms. The van der Waals surface area contributed by atoms with Crippen LogP contribution in [-0.4, -0.2) is 13.1 Å². The van der Waals surface area contributed by atoms with Crippen molar-refractivity contribution in [3.05, 3.63) is 88.4 Å². The summed E-state index contributed by atoms with van der Waals surface area (Å²) in [6, 6.07) is 25.4. The average molecular weight is 424 g/mol. The van der Waals surface area contributed by atoms with Crippen molar-refractivity contribution in [1.29, 1.82) is 0 Å². The number of anilines is 3. The molecule has 0 atom stereocenters. The molecule has 0 aliphatic heterocycles. The number of halogens is 1. The van der Waals surface area contributed by atoms with Crippen LogP contribution in [0.15, 0.2) is 77.3 Å². The Balaban J connectivity index is 1.87. The lowest BCUT2D eigenvalue weighted by Gasteiger charge is -2.26. The van der Waals surface area contributed by atoms with Crippen LogP contribution < -0.4 is 4.90 Å². The first kappa shape index (κ1) is 19.2. The third kappa shape index (κ3) is 5.20. The van der Waals surface area contributed by atoms with E-state index < -0.39 is 0 Å². The molecular weight excluding hydrogens is 402 g/mol. The first-order chi connectivity index (χ1) is 13.2. The van der Waals surface area contributed by atoms with Gasteiger partial charge in [0.05, 0.1) is 6.61 Å². The Hall–Kier alpha value is -2.59. The van der Waals surface area contributed by atoms with Crippen LogP contribution in [0.25, 0.3) is 0 Å². The molecule has 4 heteroatoms. The highest BCUT2D eigenvalue weighted by Gasteiger charge is 2.12. The summed E-state index contributed by atoms with van der Waals surface area (Å²) in [5.41, 5.74) is 5.80. The van der Waals surface area contributed by atoms with E-state index in [1.54, 1.807) is 0 Å². The van der Waals surface area contributed by atoms with Gasteiger partial charge in [0.25, 0.3) is 6.47 Å². The Morgan fingerprint density at radius 3 is 1.93 bits per heavy atom. The van der Waals surface area contributed by atoms with Crippen LogP contribution in [0.4, 0.5) is 17.1 Å². The molecule has 0 spiro atoms. The van der Waals surface area contributed by atoms with Crippen LogP contribution in [0.1, 0.15) is 17.5 Å². The van der Waals surface area contributed by atoms with Gasteiger partial charge in [-0.25, -0.2) is 0 Å². The van der Waals surface area contributed by atoms with Crippen molar-refractivity contribution in [1.82, 2.24) is 0 Å². The number of aryl methyl sites for hydroxylation is 2. The first-order valence-electron chi connectivity index (χ1n) is 8.94. The third-order valence-electron chi connectivity index (χ3n) is 4.37. The van der Waals surface area contributed by atoms with E-state index in [1.807, 2.05) is 0 Å². The summed E-state index contributed by atoms with van der Waals surface area (Å²) < 4.78 is 5.82. The van der Waals surface area contributed by atoms with E-state index in [4.69, 9.17) is 4.74 Å². The molecule has 0 fully saturated rings. The molecule has 0 saturated heterocycles. The standard InChI is InChI=1S/C23H22BrNO2/c1-18-4-10-21(11-5-18)25(23-14-8-20(24)9-15-23)22-12-6-19(7-13-22)3-2-16-27-17-26/h4-15,17H,2-3,16H2,1H3. The van der Waals surface area contributed by atoms with Crippen molar-refractivity contribution >= 4 is 39.5 Å². The van der Waals surface area contributed by atoms with Gasteiger partial charge in [0, 0.05) is 21.5 Å². The predicted molar refractivity (Wildman–Crippen MR) is 114 cm³/mol. The fourth-order valence-electron chi connectivity index (χ4n) is 2.95. The predicted octanol–water partition coefficient (Wildman–Crippen LogP) is 6.33. The molecule has 0 N–H and O–H groups in total. The number of ether oxygens (including phenoxy) is 1. The SMILES string of the molecule is Cc1ccc(N(c2ccc(Br)cc2)c2ccc(CCCOC=O)cc2)cc1. The van der Waals surface area contributed by atoms with Gasteiger partial charge in [-0.05, 0) is 73.9 Å². The van der Waals surface area contributed by atoms with Crippen LogP contribution in [0.5, 0.6) is 0 Å². The smallest absolute Gasteiger partial charge is 0.293 e. The first-order valence-corrected chi connectivity index (χ1v) is 9.73. The van der Waals surface area contributed by atoms with E-state index in [1.165, 1.54) is 11.1 Å². The van der Waals surface area contributed by atoms with Crippen molar-refractivity contribution in [3.63, 3.8) is 0 Å². The Labute approximate surface area is 168 Å². The molecule has 3 nitrogen and oxygen atoms in total. The molecule has 0 saturated carbocycles. The van der Waals surface area contributed by atoms with Gasteiger partial charge in [0.2, 0.25) is 0 Å². The normalized spacial score (nSPS) is 10.4. The Morgan fingerprint density at radius 2 is 1.37 bits per heavy atom. The van der Waals surface area contributed by atoms with Gasteiger partial charge in [-0.1, -0.05) is 45.8 Å². The molecule has 138 valence electrons. The fraction of sp³-hybridized carbons (Fsp3) is 0.174. The van der Waals surface area contributed by atoms with Crippen molar-refractivity contribution in [3.8, 4) is 0 Å². The lowest BCUT2D eigenvalue weighted by Crippen LogP contribution is -2.10. The summed E-state index contributed by atoms with van der Waals surface area (Å²) >= 11 is 3.51. The van der Waals surface area contributed by atoms with Gasteiger partial charge < -0.3 is 9.64 Å². The number of nitrogens with zero attached hydrogens (tertiary/aromatic N) is 1. The zero-order valence-corrected chi connectivity index (χ0v) is 16.9. The van der Waals surface area contributed by atoms with E-state index in [9.17, 15) is 4.79 Å². The summed E-state index contributed by atoms with van der Waals surface area (Å²) in [7, 11) is 0. The Kier molecular flexibility index (Phi) is 6.66. The average Bonchev–Trinajstić information content (AvgIpc) is 2.69. The topological polar surface area (TPSA) is 29.5 Å². The van der Waals surface area contributed by atoms with Gasteiger partial charge >= 0.3 is 0 Å². The van der Waals surface area contributed by atoms with Gasteiger partial charge in [-0.3, -0.25) is 4.79 Å². The second kappa shape index (κ2) is 9.38. The fourth-order valence-corrected chi connectivity index (χ4v) is 3.21. The zero-order chi connectivity index (χ0) is 19.1. The molecule has 0 aliphatic rings. The highest BCUT2D eigenvalue weighted by molar-refractivity contribution is 9.10. The van der Waals surface area contributed by atoms with Crippen LogP contribution in [0.3, 0.4) is 0 Å². The highest BCUT2D eigenvalue weighted by atomic mass is 79.9. The van der Waals surface area contributed by atoms with Gasteiger partial charge in [0.15, 0.2) is 0 Å². The number of rotatable bonds is 8. The summed E-state index contributed by atoms with van der Waals surface area (Å²) in [6.45, 7) is 3.05. The Morgan fingerprint density at radius 1 is 0.852 bits per heavy atom. The summed E-state index contributed by atoms with van der Waals surface area (Å²) in [5.74, 6) is 0. The molecule has 3 aromatic carbocycles. The highest BCUT2D eigenvalue weighted by Crippen LogP contribution is 2.35. The quantitative estimate of drug-likeness (QED) is 0.313. The minimum absolute atomic E-state index is 0.458. The maximum Gasteiger partial charge on any atom is 0.293 e. The lowest BCUT2D eigenvalue weighted by atomic mass is 10.1. The van der Waals surface area contributed by atoms with Crippen molar-refractivity contribution < 1.29 is 9.53 Å². The Bertz CT molecular complexity index is 813. The van der Waals surface area contributed by atoms with Crippen molar-refractivity contribution in [2.45, 2.75) is 19.8 Å².